The Morgan fingerprint density at radius 3 is 2.47 bits per heavy atom. The topological polar surface area (TPSA) is 34.0 Å². The monoisotopic (exact) mass is 250 g/mol. The Hall–Kier alpha value is -2.36. The maximum absolute atomic E-state index is 4.49. The van der Waals surface area contributed by atoms with Crippen molar-refractivity contribution in [2.45, 2.75) is 13.1 Å². The number of rotatable bonds is 1. The van der Waals surface area contributed by atoms with Crippen molar-refractivity contribution in [1.29, 1.82) is 0 Å². The van der Waals surface area contributed by atoms with E-state index < -0.39 is 0 Å². The van der Waals surface area contributed by atoms with Crippen molar-refractivity contribution in [3.63, 3.8) is 0 Å². The zero-order valence-corrected chi connectivity index (χ0v) is 10.7. The van der Waals surface area contributed by atoms with Gasteiger partial charge >= 0.3 is 0 Å². The van der Waals surface area contributed by atoms with Crippen LogP contribution in [0.5, 0.6) is 0 Å². The van der Waals surface area contributed by atoms with Crippen molar-refractivity contribution in [3.05, 3.63) is 54.0 Å². The largest absolute Gasteiger partial charge is 0.347 e. The maximum atomic E-state index is 4.49. The molecule has 0 saturated heterocycles. The van der Waals surface area contributed by atoms with Crippen LogP contribution in [0.4, 0.5) is 5.82 Å². The molecule has 94 valence electrons. The minimum atomic E-state index is 0.928. The van der Waals surface area contributed by atoms with Gasteiger partial charge in [0.2, 0.25) is 0 Å². The van der Waals surface area contributed by atoms with E-state index in [1.54, 1.807) is 6.33 Å². The van der Waals surface area contributed by atoms with E-state index in [4.69, 9.17) is 0 Å². The van der Waals surface area contributed by atoms with Crippen molar-refractivity contribution >= 4 is 16.9 Å². The molecule has 0 radical (unpaired) electrons. The van der Waals surface area contributed by atoms with Gasteiger partial charge in [-0.25, -0.2) is 9.97 Å². The van der Waals surface area contributed by atoms with E-state index in [9.17, 15) is 0 Å². The lowest BCUT2D eigenvalue weighted by molar-refractivity contribution is 0.857. The number of hydrogen-bond acceptors (Lipinski definition) is 3. The molecule has 4 rings (SSSR count). The van der Waals surface area contributed by atoms with Crippen molar-refractivity contribution in [2.75, 3.05) is 4.90 Å². The zero-order valence-electron chi connectivity index (χ0n) is 10.7. The molecule has 0 bridgehead atoms. The second-order valence-electron chi connectivity index (χ2n) is 4.99. The van der Waals surface area contributed by atoms with Gasteiger partial charge in [0.15, 0.2) is 0 Å². The summed E-state index contributed by atoms with van der Waals surface area (Å²) < 4.78 is 2.03. The molecule has 0 unspecified atom stereocenters. The molecule has 0 N–H and O–H groups in total. The maximum Gasteiger partial charge on any atom is 0.145 e. The molecule has 0 fully saturated rings. The minimum absolute atomic E-state index is 0.928. The van der Waals surface area contributed by atoms with Gasteiger partial charge in [-0.3, -0.25) is 0 Å². The molecular formula is C15H14N4. The molecule has 3 heterocycles. The van der Waals surface area contributed by atoms with E-state index in [0.717, 1.165) is 29.9 Å². The Morgan fingerprint density at radius 2 is 1.74 bits per heavy atom. The third kappa shape index (κ3) is 1.53. The summed E-state index contributed by atoms with van der Waals surface area (Å²) in [7, 11) is 2.01. The quantitative estimate of drug-likeness (QED) is 0.665. The first kappa shape index (κ1) is 10.6. The van der Waals surface area contributed by atoms with Crippen molar-refractivity contribution in [2.24, 2.45) is 7.05 Å². The van der Waals surface area contributed by atoms with E-state index in [0.29, 0.717) is 0 Å². The second-order valence-corrected chi connectivity index (χ2v) is 4.99. The molecule has 3 aromatic rings. The van der Waals surface area contributed by atoms with Gasteiger partial charge in [0.05, 0.1) is 5.39 Å². The Kier molecular flexibility index (Phi) is 2.12. The normalized spacial score (nSPS) is 14.1. The number of aromatic nitrogens is 3. The van der Waals surface area contributed by atoms with Gasteiger partial charge in [-0.15, -0.1) is 0 Å². The SMILES string of the molecule is Cn1ccc2c(N3Cc4ccccc4C3)ncnc21. The first-order valence-electron chi connectivity index (χ1n) is 6.41. The molecule has 1 aliphatic heterocycles. The lowest BCUT2D eigenvalue weighted by atomic mass is 10.1. The molecule has 0 atom stereocenters. The van der Waals surface area contributed by atoms with Gasteiger partial charge < -0.3 is 9.47 Å². The zero-order chi connectivity index (χ0) is 12.8. The van der Waals surface area contributed by atoms with Crippen LogP contribution in [-0.2, 0) is 20.1 Å². The van der Waals surface area contributed by atoms with Crippen LogP contribution in [0.2, 0.25) is 0 Å². The van der Waals surface area contributed by atoms with Crippen LogP contribution >= 0.6 is 0 Å². The summed E-state index contributed by atoms with van der Waals surface area (Å²) in [6.45, 7) is 1.86. The highest BCUT2D eigenvalue weighted by molar-refractivity contribution is 5.88. The van der Waals surface area contributed by atoms with E-state index in [-0.39, 0.29) is 0 Å². The lowest BCUT2D eigenvalue weighted by Gasteiger charge is -2.17. The Labute approximate surface area is 111 Å². The molecule has 4 heteroatoms. The smallest absolute Gasteiger partial charge is 0.145 e. The van der Waals surface area contributed by atoms with Gasteiger partial charge in [-0.1, -0.05) is 24.3 Å². The molecule has 0 saturated carbocycles. The first-order chi connectivity index (χ1) is 9.33. The predicted octanol–water partition coefficient (Wildman–Crippen LogP) is 2.49. The van der Waals surface area contributed by atoms with Gasteiger partial charge in [0.25, 0.3) is 0 Å². The second kappa shape index (κ2) is 3.82. The molecule has 0 amide bonds. The Bertz CT molecular complexity index is 735. The van der Waals surface area contributed by atoms with E-state index >= 15 is 0 Å². The average Bonchev–Trinajstić information content (AvgIpc) is 3.03. The van der Waals surface area contributed by atoms with Crippen LogP contribution in [0.1, 0.15) is 11.1 Å². The van der Waals surface area contributed by atoms with Crippen LogP contribution in [0, 0.1) is 0 Å². The fourth-order valence-corrected chi connectivity index (χ4v) is 2.80. The number of fused-ring (bicyclic) bond motifs is 2. The minimum Gasteiger partial charge on any atom is -0.347 e. The fraction of sp³-hybridized carbons (Fsp3) is 0.200. The number of nitrogens with zero attached hydrogens (tertiary/aromatic N) is 4. The van der Waals surface area contributed by atoms with Gasteiger partial charge in [0, 0.05) is 26.3 Å². The summed E-state index contributed by atoms with van der Waals surface area (Å²) in [4.78, 5) is 11.1. The number of aryl methyl sites for hydroxylation is 1. The van der Waals surface area contributed by atoms with E-state index in [2.05, 4.69) is 45.2 Å². The number of benzene rings is 1. The third-order valence-electron chi connectivity index (χ3n) is 3.78. The van der Waals surface area contributed by atoms with Gasteiger partial charge in [-0.05, 0) is 17.2 Å². The summed E-state index contributed by atoms with van der Waals surface area (Å²) in [5, 5.41) is 1.12. The summed E-state index contributed by atoms with van der Waals surface area (Å²) in [6, 6.07) is 10.7. The summed E-state index contributed by atoms with van der Waals surface area (Å²) in [5.41, 5.74) is 3.77. The molecule has 0 aliphatic carbocycles. The van der Waals surface area contributed by atoms with E-state index in [1.807, 2.05) is 17.8 Å². The first-order valence-corrected chi connectivity index (χ1v) is 6.41. The molecule has 0 spiro atoms. The van der Waals surface area contributed by atoms with E-state index in [1.165, 1.54) is 11.1 Å². The van der Waals surface area contributed by atoms with Crippen molar-refractivity contribution in [3.8, 4) is 0 Å². The van der Waals surface area contributed by atoms with Crippen LogP contribution in [0.3, 0.4) is 0 Å². The highest BCUT2D eigenvalue weighted by atomic mass is 15.2. The van der Waals surface area contributed by atoms with Gasteiger partial charge in [0.1, 0.15) is 17.8 Å². The van der Waals surface area contributed by atoms with Crippen LogP contribution in [0.25, 0.3) is 11.0 Å². The van der Waals surface area contributed by atoms with Crippen molar-refractivity contribution in [1.82, 2.24) is 14.5 Å². The van der Waals surface area contributed by atoms with Gasteiger partial charge in [-0.2, -0.15) is 0 Å². The van der Waals surface area contributed by atoms with Crippen LogP contribution in [-0.4, -0.2) is 14.5 Å². The Balaban J connectivity index is 1.81. The van der Waals surface area contributed by atoms with Crippen LogP contribution in [0.15, 0.2) is 42.9 Å². The predicted molar refractivity (Wildman–Crippen MR) is 74.8 cm³/mol. The molecule has 2 aromatic heterocycles. The number of hydrogen-bond donors (Lipinski definition) is 0. The molecular weight excluding hydrogens is 236 g/mol. The standard InChI is InChI=1S/C15H14N4/c1-18-7-6-13-14(18)16-10-17-15(13)19-8-11-4-2-3-5-12(11)9-19/h2-7,10H,8-9H2,1H3. The molecule has 4 nitrogen and oxygen atoms in total. The van der Waals surface area contributed by atoms with Crippen LogP contribution < -0.4 is 4.90 Å². The summed E-state index contributed by atoms with van der Waals surface area (Å²) in [6.07, 6.45) is 3.69. The highest BCUT2D eigenvalue weighted by Gasteiger charge is 2.21. The third-order valence-corrected chi connectivity index (χ3v) is 3.78. The van der Waals surface area contributed by atoms with Crippen molar-refractivity contribution < 1.29 is 0 Å². The molecule has 19 heavy (non-hydrogen) atoms. The summed E-state index contributed by atoms with van der Waals surface area (Å²) >= 11 is 0. The highest BCUT2D eigenvalue weighted by Crippen LogP contribution is 2.31. The summed E-state index contributed by atoms with van der Waals surface area (Å²) in [5.74, 6) is 1.03. The molecule has 1 aromatic carbocycles. The number of anilines is 1. The Morgan fingerprint density at radius 1 is 1.00 bits per heavy atom. The lowest BCUT2D eigenvalue weighted by Crippen LogP contribution is -2.16. The molecule has 1 aliphatic rings. The average molecular weight is 250 g/mol. The fourth-order valence-electron chi connectivity index (χ4n) is 2.80.